The highest BCUT2D eigenvalue weighted by molar-refractivity contribution is 14.1. The van der Waals surface area contributed by atoms with Gasteiger partial charge in [-0.3, -0.25) is 0 Å². The van der Waals surface area contributed by atoms with Gasteiger partial charge in [-0.05, 0) is 186 Å². The molecule has 0 bridgehead atoms. The predicted octanol–water partition coefficient (Wildman–Crippen LogP) is 26.7. The van der Waals surface area contributed by atoms with E-state index < -0.39 is 0 Å². The number of aromatic hydroxyl groups is 7. The lowest BCUT2D eigenvalue weighted by Crippen LogP contribution is -1.87. The van der Waals surface area contributed by atoms with Crippen molar-refractivity contribution < 1.29 is 64.2 Å². The highest BCUT2D eigenvalue weighted by atomic mass is 127. The van der Waals surface area contributed by atoms with Crippen LogP contribution in [0.5, 0.6) is 74.7 Å². The number of hydrogen-bond donors (Lipinski definition) is 7. The number of rotatable bonds is 6. The van der Waals surface area contributed by atoms with E-state index in [0.717, 1.165) is 25.0 Å². The molecule has 0 saturated heterocycles. The fourth-order valence-electron chi connectivity index (χ4n) is 6.11. The van der Waals surface area contributed by atoms with E-state index in [9.17, 15) is 30.6 Å². The molecule has 8 rings (SSSR count). The van der Waals surface area contributed by atoms with E-state index in [2.05, 4.69) is 161 Å². The molecule has 0 radical (unpaired) electrons. The lowest BCUT2D eigenvalue weighted by atomic mass is 10.1. The van der Waals surface area contributed by atoms with Crippen LogP contribution >= 0.6 is 280 Å². The maximum absolute atomic E-state index is 9.37. The zero-order valence-electron chi connectivity index (χ0n) is 48.9. The summed E-state index contributed by atoms with van der Waals surface area (Å²) in [6, 6.07) is 15.9. The van der Waals surface area contributed by atoms with Crippen LogP contribution in [-0.2, 0) is 0 Å². The summed E-state index contributed by atoms with van der Waals surface area (Å²) < 4.78 is 36.9. The van der Waals surface area contributed by atoms with Crippen molar-refractivity contribution in [2.45, 2.75) is 34.6 Å². The minimum absolute atomic E-state index is 0.0181. The van der Waals surface area contributed by atoms with Gasteiger partial charge in [-0.2, -0.15) is 0 Å². The summed E-state index contributed by atoms with van der Waals surface area (Å²) in [6.45, 7) is 9.33. The molecule has 0 aliphatic rings. The van der Waals surface area contributed by atoms with E-state index >= 15 is 0 Å². The van der Waals surface area contributed by atoms with E-state index in [-0.39, 0.29) is 91.2 Å². The molecular weight excluding hydrogens is 2080 g/mol. The van der Waals surface area contributed by atoms with Gasteiger partial charge < -0.3 is 64.2 Å². The fraction of sp³-hybridized carbons (Fsp3) is 0.186. The predicted molar refractivity (Wildman–Crippen MR) is 418 cm³/mol. The van der Waals surface area contributed by atoms with Crippen LogP contribution in [-0.4, -0.2) is 78.4 Å². The van der Waals surface area contributed by atoms with Crippen molar-refractivity contribution in [2.75, 3.05) is 42.7 Å². The molecule has 92 heavy (non-hydrogen) atoms. The van der Waals surface area contributed by atoms with E-state index in [0.29, 0.717) is 65.0 Å². The lowest BCUT2D eigenvalue weighted by Gasteiger charge is -2.09. The van der Waals surface area contributed by atoms with Crippen LogP contribution in [0.15, 0.2) is 87.5 Å². The van der Waals surface area contributed by atoms with Crippen LogP contribution in [0, 0.1) is 41.8 Å². The summed E-state index contributed by atoms with van der Waals surface area (Å²) in [5.74, 6) is 2.80. The zero-order valence-corrected chi connectivity index (χ0v) is 71.8. The quantitative estimate of drug-likeness (QED) is 0.0614. The monoisotopic (exact) mass is 2110 g/mol. The van der Waals surface area contributed by atoms with Crippen LogP contribution in [0.25, 0.3) is 0 Å². The first-order valence-corrected chi connectivity index (χ1v) is 35.7. The van der Waals surface area contributed by atoms with Gasteiger partial charge in [0, 0.05) is 48.8 Å². The Morgan fingerprint density at radius 2 is 0.674 bits per heavy atom. The number of phenols is 7. The molecule has 8 aromatic rings. The van der Waals surface area contributed by atoms with Crippen LogP contribution in [0.1, 0.15) is 27.8 Å². The Labute approximate surface area is 669 Å². The van der Waals surface area contributed by atoms with Crippen molar-refractivity contribution in [2.24, 2.45) is 0 Å². The third-order valence-electron chi connectivity index (χ3n) is 11.2. The van der Waals surface area contributed by atoms with Gasteiger partial charge in [-0.15, -0.1) is 0 Å². The van der Waals surface area contributed by atoms with E-state index in [1.807, 2.05) is 6.07 Å². The molecule has 0 saturated carbocycles. The maximum Gasteiger partial charge on any atom is 0.159 e. The normalized spacial score (nSPS) is 9.99. The third-order valence-corrected chi connectivity index (χ3v) is 22.6. The summed E-state index contributed by atoms with van der Waals surface area (Å²) >= 11 is 92.8. The second kappa shape index (κ2) is 42.8. The Morgan fingerprint density at radius 3 is 1.13 bits per heavy atom. The van der Waals surface area contributed by atoms with E-state index in [1.54, 1.807) is 53.2 Å². The maximum atomic E-state index is 9.37. The van der Waals surface area contributed by atoms with Crippen LogP contribution in [0.3, 0.4) is 0 Å². The molecule has 0 fully saturated rings. The number of methoxy groups -OCH3 is 6. The first-order chi connectivity index (χ1) is 42.7. The average molecular weight is 2130 g/mol. The molecule has 0 amide bonds. The standard InChI is InChI=1S/C8H7Br3.C8H7Cl3O.C8H8Cl2O2.C7H6Br2O2.C7H6BrClO2.2C7H5Cl3O2.C7H6I2O2/c1-4-6(9)3-7(10)5(2)8(4)11;1-3-5(9)4(2)7(11)8(12)6(3)10;1-4-7(9)5(11)3-6(12-2)8(4)10;1-11-7-3-6(10)4(8)2-5(7)9;1-11-7-3-6(10)5(9)2-4(7)8;1-12-7-4(9)2-3(8)6(11)5(7)10;1-12-4-2-3(11)5(8)7(10)6(4)9;1-11-7-3-6(10)4(8)2-5(7)9/h3H,1-2H3;12H,1-2H3;3,11H,1-2H3;2*2-3,10H,1H3;2*2,11H,1H3;2-3,10H,1H3. The molecule has 0 aromatic heterocycles. The molecule has 0 heterocycles. The van der Waals surface area contributed by atoms with Gasteiger partial charge in [-0.1, -0.05) is 187 Å². The summed E-state index contributed by atoms with van der Waals surface area (Å²) in [5.41, 5.74) is 4.40. The molecule has 0 unspecified atom stereocenters. The number of ether oxygens (including phenoxy) is 6. The van der Waals surface area contributed by atoms with E-state index in [4.69, 9.17) is 173 Å². The Morgan fingerprint density at radius 1 is 0.283 bits per heavy atom. The second-order valence-electron chi connectivity index (χ2n) is 17.2. The average Bonchev–Trinajstić information content (AvgIpc) is 0.885. The first kappa shape index (κ1) is 89.0. The third kappa shape index (κ3) is 25.9. The first-order valence-electron chi connectivity index (χ1n) is 24.3. The molecule has 13 nitrogen and oxygen atoms in total. The van der Waals surface area contributed by atoms with Crippen LogP contribution in [0.2, 0.25) is 60.3 Å². The van der Waals surface area contributed by atoms with Crippen molar-refractivity contribution in [1.82, 2.24) is 0 Å². The minimum Gasteiger partial charge on any atom is -0.507 e. The number of hydrogen-bond acceptors (Lipinski definition) is 13. The zero-order chi connectivity index (χ0) is 71.3. The van der Waals surface area contributed by atoms with Crippen molar-refractivity contribution in [3.8, 4) is 74.7 Å². The fourth-order valence-corrected chi connectivity index (χ4v) is 14.6. The summed E-state index contributed by atoms with van der Waals surface area (Å²) in [5, 5.41) is 67.3. The van der Waals surface area contributed by atoms with Gasteiger partial charge in [-0.25, -0.2) is 0 Å². The second-order valence-corrected chi connectivity index (χ2v) is 29.2. The van der Waals surface area contributed by atoms with Crippen LogP contribution < -0.4 is 28.4 Å². The Bertz CT molecular complexity index is 3550. The van der Waals surface area contributed by atoms with Gasteiger partial charge in [0.15, 0.2) is 17.2 Å². The Hall–Kier alpha value is -1.02. The van der Waals surface area contributed by atoms with Gasteiger partial charge in [0.2, 0.25) is 0 Å². The minimum atomic E-state index is -0.223. The molecule has 504 valence electrons. The van der Waals surface area contributed by atoms with Crippen molar-refractivity contribution in [1.29, 1.82) is 0 Å². The molecular formula is C59H50Br6Cl12I2O13. The van der Waals surface area contributed by atoms with E-state index in [1.165, 1.54) is 74.4 Å². The lowest BCUT2D eigenvalue weighted by molar-refractivity contribution is 0.404. The largest absolute Gasteiger partial charge is 0.507 e. The van der Waals surface area contributed by atoms with Gasteiger partial charge >= 0.3 is 0 Å². The molecule has 0 aliphatic heterocycles. The molecule has 0 spiro atoms. The summed E-state index contributed by atoms with van der Waals surface area (Å²) in [4.78, 5) is 0. The molecule has 0 atom stereocenters. The number of halogens is 20. The van der Waals surface area contributed by atoms with Gasteiger partial charge in [0.25, 0.3) is 0 Å². The topological polar surface area (TPSA) is 197 Å². The molecule has 7 N–H and O–H groups in total. The number of phenolic OH excluding ortho intramolecular Hbond substituents is 7. The highest BCUT2D eigenvalue weighted by Crippen LogP contribution is 2.46. The summed E-state index contributed by atoms with van der Waals surface area (Å²) in [7, 11) is 8.96. The Kier molecular flexibility index (Phi) is 41.4. The van der Waals surface area contributed by atoms with Gasteiger partial charge in [0.05, 0.1) is 103 Å². The summed E-state index contributed by atoms with van der Waals surface area (Å²) in [6.07, 6.45) is 0. The molecule has 0 aliphatic carbocycles. The highest BCUT2D eigenvalue weighted by Gasteiger charge is 2.18. The van der Waals surface area contributed by atoms with Crippen molar-refractivity contribution >= 4 is 280 Å². The van der Waals surface area contributed by atoms with Crippen LogP contribution in [0.4, 0.5) is 0 Å². The number of benzene rings is 8. The molecule has 33 heteroatoms. The SMILES string of the molecule is COc1c(Cl)cc(Cl)c(O)c1Cl.COc1cc(O)c(Br)cc1Br.COc1cc(O)c(Cl)c(C)c1Cl.COc1cc(O)c(Cl)c(Cl)c1Cl.COc1cc(O)c(Cl)cc1Br.COc1cc(O)c(I)cc1I.Cc1c(Br)cc(Br)c(C)c1Br.Cc1c(Cl)c(C)c(Cl)c(O)c1Cl. The van der Waals surface area contributed by atoms with Gasteiger partial charge in [0.1, 0.15) is 72.6 Å². The Balaban J connectivity index is 0.000000526. The van der Waals surface area contributed by atoms with Crippen molar-refractivity contribution in [3.05, 3.63) is 183 Å². The smallest absolute Gasteiger partial charge is 0.159 e. The molecule has 8 aromatic carbocycles. The van der Waals surface area contributed by atoms with Crippen molar-refractivity contribution in [3.63, 3.8) is 0 Å².